The molecule has 1 amide bonds. The van der Waals surface area contributed by atoms with E-state index < -0.39 is 10.4 Å². The Bertz CT molecular complexity index is 504. The average Bonchev–Trinajstić information content (AvgIpc) is 2.64. The summed E-state index contributed by atoms with van der Waals surface area (Å²) >= 11 is 0. The summed E-state index contributed by atoms with van der Waals surface area (Å²) in [5.41, 5.74) is 0. The molecule has 7 heteroatoms. The van der Waals surface area contributed by atoms with Crippen molar-refractivity contribution in [1.29, 1.82) is 0 Å². The van der Waals surface area contributed by atoms with Gasteiger partial charge in [0.05, 0.1) is 6.61 Å². The van der Waals surface area contributed by atoms with Crippen LogP contribution < -0.4 is 5.32 Å². The fourth-order valence-electron chi connectivity index (χ4n) is 2.90. The Morgan fingerprint density at radius 1 is 0.867 bits per heavy atom. The Kier molecular flexibility index (Phi) is 23.7. The monoisotopic (exact) mass is 449 g/mol. The minimum atomic E-state index is -4.17. The highest BCUT2D eigenvalue weighted by atomic mass is 32.3. The van der Waals surface area contributed by atoms with Gasteiger partial charge < -0.3 is 5.32 Å². The van der Waals surface area contributed by atoms with Gasteiger partial charge in [0, 0.05) is 12.5 Å². The average molecular weight is 450 g/mol. The SMILES string of the molecule is CCCCCCCC/C=C\CCCCCCCC(=O)NC(C)C.CCOS(=O)(=O)O. The van der Waals surface area contributed by atoms with Crippen LogP contribution in [0.3, 0.4) is 0 Å². The van der Waals surface area contributed by atoms with E-state index in [1.807, 2.05) is 13.8 Å². The molecule has 0 aromatic rings. The lowest BCUT2D eigenvalue weighted by Gasteiger charge is -2.07. The molecule has 0 radical (unpaired) electrons. The molecule has 0 aliphatic heterocycles. The molecule has 0 aromatic heterocycles. The first-order valence-corrected chi connectivity index (χ1v) is 13.2. The van der Waals surface area contributed by atoms with Crippen molar-refractivity contribution in [1.82, 2.24) is 5.32 Å². The number of rotatable bonds is 18. The molecule has 0 rings (SSSR count). The Morgan fingerprint density at radius 2 is 1.33 bits per heavy atom. The van der Waals surface area contributed by atoms with E-state index in [0.29, 0.717) is 6.42 Å². The zero-order chi connectivity index (χ0) is 23.1. The molecule has 0 aliphatic rings. The van der Waals surface area contributed by atoms with Crippen molar-refractivity contribution in [2.45, 2.75) is 124 Å². The van der Waals surface area contributed by atoms with Gasteiger partial charge in [-0.15, -0.1) is 0 Å². The van der Waals surface area contributed by atoms with E-state index in [0.717, 1.165) is 6.42 Å². The van der Waals surface area contributed by atoms with Gasteiger partial charge >= 0.3 is 10.4 Å². The van der Waals surface area contributed by atoms with Crippen LogP contribution >= 0.6 is 0 Å². The number of carbonyl (C=O) groups is 1. The minimum Gasteiger partial charge on any atom is -0.354 e. The highest BCUT2D eigenvalue weighted by Gasteiger charge is 2.02. The van der Waals surface area contributed by atoms with E-state index in [-0.39, 0.29) is 18.6 Å². The summed E-state index contributed by atoms with van der Waals surface area (Å²) in [6.45, 7) is 7.73. The number of hydrogen-bond acceptors (Lipinski definition) is 4. The summed E-state index contributed by atoms with van der Waals surface area (Å²) in [7, 11) is -4.17. The summed E-state index contributed by atoms with van der Waals surface area (Å²) in [6, 6.07) is 0.269. The molecule has 0 aromatic carbocycles. The molecule has 0 bridgehead atoms. The number of allylic oxidation sites excluding steroid dienone is 2. The zero-order valence-corrected chi connectivity index (χ0v) is 20.6. The zero-order valence-electron chi connectivity index (χ0n) is 19.8. The standard InChI is InChI=1S/C21H41NO.C2H6O4S/c1-4-5-6-7-8-9-10-11-12-13-14-15-16-17-18-19-21(23)22-20(2)3;1-2-6-7(3,4)5/h11-12,20H,4-10,13-19H2,1-3H3,(H,22,23);2H2,1H3,(H,3,4,5)/b12-11-;. The summed E-state index contributed by atoms with van der Waals surface area (Å²) in [5, 5.41) is 2.94. The van der Waals surface area contributed by atoms with Crippen LogP contribution in [0.4, 0.5) is 0 Å². The van der Waals surface area contributed by atoms with Crippen LogP contribution in [0.2, 0.25) is 0 Å². The van der Waals surface area contributed by atoms with Crippen LogP contribution in [0.15, 0.2) is 12.2 Å². The van der Waals surface area contributed by atoms with Crippen LogP contribution in [0.1, 0.15) is 118 Å². The molecule has 0 atom stereocenters. The highest BCUT2D eigenvalue weighted by Crippen LogP contribution is 2.10. The lowest BCUT2D eigenvalue weighted by Crippen LogP contribution is -2.29. The minimum absolute atomic E-state index is 0.0289. The molecule has 30 heavy (non-hydrogen) atoms. The third-order valence-electron chi connectivity index (χ3n) is 4.38. The van der Waals surface area contributed by atoms with Crippen molar-refractivity contribution < 1.29 is 21.9 Å². The quantitative estimate of drug-likeness (QED) is 0.144. The summed E-state index contributed by atoms with van der Waals surface area (Å²) in [5.74, 6) is 0.206. The van der Waals surface area contributed by atoms with E-state index in [1.54, 1.807) is 0 Å². The fraction of sp³-hybridized carbons (Fsp3) is 0.870. The third kappa shape index (κ3) is 31.8. The summed E-state index contributed by atoms with van der Waals surface area (Å²) < 4.78 is 30.7. The van der Waals surface area contributed by atoms with Crippen LogP contribution in [0.5, 0.6) is 0 Å². The van der Waals surface area contributed by atoms with Gasteiger partial charge in [0.2, 0.25) is 5.91 Å². The van der Waals surface area contributed by atoms with Gasteiger partial charge in [0.1, 0.15) is 0 Å². The second-order valence-corrected chi connectivity index (χ2v) is 8.98. The molecule has 0 spiro atoms. The Labute approximate surface area is 186 Å². The number of unbranched alkanes of at least 4 members (excludes halogenated alkanes) is 11. The maximum absolute atomic E-state index is 11.5. The largest absolute Gasteiger partial charge is 0.397 e. The first kappa shape index (κ1) is 31.3. The molecule has 180 valence electrons. The maximum Gasteiger partial charge on any atom is 0.397 e. The van der Waals surface area contributed by atoms with E-state index in [1.165, 1.54) is 84.0 Å². The van der Waals surface area contributed by atoms with Gasteiger partial charge in [-0.05, 0) is 52.9 Å². The lowest BCUT2D eigenvalue weighted by atomic mass is 10.1. The number of hydrogen-bond donors (Lipinski definition) is 2. The van der Waals surface area contributed by atoms with Crippen molar-refractivity contribution in [3.8, 4) is 0 Å². The third-order valence-corrected chi connectivity index (χ3v) is 4.92. The van der Waals surface area contributed by atoms with Crippen LogP contribution in [-0.2, 0) is 19.4 Å². The maximum atomic E-state index is 11.5. The fourth-order valence-corrected chi connectivity index (χ4v) is 3.20. The molecule has 0 heterocycles. The Balaban J connectivity index is 0. The van der Waals surface area contributed by atoms with Crippen LogP contribution in [-0.4, -0.2) is 31.5 Å². The molecule has 6 nitrogen and oxygen atoms in total. The first-order chi connectivity index (χ1) is 14.2. The topological polar surface area (TPSA) is 92.7 Å². The van der Waals surface area contributed by atoms with Gasteiger partial charge in [-0.25, -0.2) is 4.18 Å². The lowest BCUT2D eigenvalue weighted by molar-refractivity contribution is -0.121. The van der Waals surface area contributed by atoms with E-state index in [4.69, 9.17) is 4.55 Å². The summed E-state index contributed by atoms with van der Waals surface area (Å²) in [4.78, 5) is 11.5. The molecule has 0 unspecified atom stereocenters. The molecule has 0 fully saturated rings. The second kappa shape index (κ2) is 22.8. The molecule has 0 saturated carbocycles. The van der Waals surface area contributed by atoms with Crippen molar-refractivity contribution in [2.24, 2.45) is 0 Å². The first-order valence-electron chi connectivity index (χ1n) is 11.8. The normalized spacial score (nSPS) is 11.5. The van der Waals surface area contributed by atoms with Crippen LogP contribution in [0, 0.1) is 0 Å². The van der Waals surface area contributed by atoms with Crippen LogP contribution in [0.25, 0.3) is 0 Å². The van der Waals surface area contributed by atoms with Crippen molar-refractivity contribution >= 4 is 16.3 Å². The predicted molar refractivity (Wildman–Crippen MR) is 126 cm³/mol. The van der Waals surface area contributed by atoms with Gasteiger partial charge in [-0.1, -0.05) is 70.4 Å². The van der Waals surface area contributed by atoms with E-state index >= 15 is 0 Å². The smallest absolute Gasteiger partial charge is 0.354 e. The van der Waals surface area contributed by atoms with Gasteiger partial charge in [0.15, 0.2) is 0 Å². The molecule has 0 saturated heterocycles. The number of amides is 1. The second-order valence-electron chi connectivity index (χ2n) is 7.89. The number of carbonyl (C=O) groups excluding carboxylic acids is 1. The Morgan fingerprint density at radius 3 is 1.73 bits per heavy atom. The van der Waals surface area contributed by atoms with Crippen molar-refractivity contribution in [3.63, 3.8) is 0 Å². The molecule has 2 N–H and O–H groups in total. The Hall–Kier alpha value is -0.920. The van der Waals surface area contributed by atoms with Gasteiger partial charge in [-0.2, -0.15) is 8.42 Å². The predicted octanol–water partition coefficient (Wildman–Crippen LogP) is 6.37. The molecular weight excluding hydrogens is 402 g/mol. The molecular formula is C23H47NO5S. The van der Waals surface area contributed by atoms with Gasteiger partial charge in [0.25, 0.3) is 0 Å². The van der Waals surface area contributed by atoms with E-state index in [2.05, 4.69) is 28.6 Å². The summed E-state index contributed by atoms with van der Waals surface area (Å²) in [6.07, 6.45) is 22.3. The van der Waals surface area contributed by atoms with E-state index in [9.17, 15) is 13.2 Å². The number of nitrogens with one attached hydrogen (secondary N) is 1. The molecule has 0 aliphatic carbocycles. The van der Waals surface area contributed by atoms with Crippen molar-refractivity contribution in [2.75, 3.05) is 6.61 Å². The highest BCUT2D eigenvalue weighted by molar-refractivity contribution is 7.80. The van der Waals surface area contributed by atoms with Gasteiger partial charge in [-0.3, -0.25) is 9.35 Å². The van der Waals surface area contributed by atoms with Crippen molar-refractivity contribution in [3.05, 3.63) is 12.2 Å².